The zero-order valence-corrected chi connectivity index (χ0v) is 16.1. The molecule has 0 unspecified atom stereocenters. The number of aromatic nitrogens is 1. The molecule has 0 aliphatic heterocycles. The number of aryl methyl sites for hydroxylation is 1. The van der Waals surface area contributed by atoms with Crippen molar-refractivity contribution >= 4 is 34.1 Å². The third-order valence-electron chi connectivity index (χ3n) is 4.54. The smallest absolute Gasteiger partial charge is 0.355 e. The lowest BCUT2D eigenvalue weighted by atomic mass is 10.1. The van der Waals surface area contributed by atoms with Gasteiger partial charge in [0.05, 0.1) is 15.9 Å². The van der Waals surface area contributed by atoms with Gasteiger partial charge in [0, 0.05) is 12.7 Å². The normalized spacial score (nSPS) is 12.2. The van der Waals surface area contributed by atoms with Crippen LogP contribution in [0, 0.1) is 0 Å². The summed E-state index contributed by atoms with van der Waals surface area (Å²) in [4.78, 5) is 26.0. The number of rotatable bonds is 4. The summed E-state index contributed by atoms with van der Waals surface area (Å²) in [5.41, 5.74) is -2.13. The van der Waals surface area contributed by atoms with E-state index in [1.54, 1.807) is 0 Å². The Kier molecular flexibility index (Phi) is 5.33. The molecule has 1 aromatic heterocycles. The Labute approximate surface area is 173 Å². The Morgan fingerprint density at radius 2 is 1.60 bits per heavy atom. The van der Waals surface area contributed by atoms with Gasteiger partial charge in [-0.05, 0) is 24.3 Å². The summed E-state index contributed by atoms with van der Waals surface area (Å²) in [5, 5.41) is 59.3. The van der Waals surface area contributed by atoms with E-state index >= 15 is 0 Å². The molecule has 0 spiro atoms. The molecule has 30 heavy (non-hydrogen) atoms. The minimum atomic E-state index is -4.21. The molecule has 0 fully saturated rings. The molecular formula is C19H17ClN2O8. The van der Waals surface area contributed by atoms with E-state index in [4.69, 9.17) is 11.6 Å². The molecule has 1 heterocycles. The van der Waals surface area contributed by atoms with Crippen molar-refractivity contribution in [3.8, 4) is 5.75 Å². The molecule has 0 saturated carbocycles. The van der Waals surface area contributed by atoms with E-state index in [2.05, 4.69) is 0 Å². The Bertz CT molecular complexity index is 1190. The van der Waals surface area contributed by atoms with E-state index in [0.29, 0.717) is 0 Å². The Morgan fingerprint density at radius 3 is 2.17 bits per heavy atom. The van der Waals surface area contributed by atoms with Gasteiger partial charge in [-0.25, -0.2) is 4.90 Å². The van der Waals surface area contributed by atoms with Crippen molar-refractivity contribution in [2.24, 2.45) is 7.05 Å². The van der Waals surface area contributed by atoms with E-state index in [1.165, 1.54) is 55.6 Å². The van der Waals surface area contributed by atoms with Crippen molar-refractivity contribution in [2.45, 2.75) is 11.9 Å². The van der Waals surface area contributed by atoms with Gasteiger partial charge >= 0.3 is 11.9 Å². The van der Waals surface area contributed by atoms with Crippen molar-refractivity contribution in [3.05, 3.63) is 69.5 Å². The van der Waals surface area contributed by atoms with E-state index in [9.17, 15) is 40.2 Å². The number of para-hydroxylation sites is 1. The average molecular weight is 437 g/mol. The molecule has 158 valence electrons. The largest absolute Gasteiger partial charge is 0.506 e. The number of nitrogens with zero attached hydrogens (tertiary/aromatic N) is 2. The number of hydrogen-bond donors (Lipinski definition) is 6. The summed E-state index contributed by atoms with van der Waals surface area (Å²) in [6.45, 7) is 0. The first kappa shape index (κ1) is 21.7. The van der Waals surface area contributed by atoms with Gasteiger partial charge in [-0.3, -0.25) is 9.59 Å². The molecule has 0 aliphatic rings. The first-order valence-corrected chi connectivity index (χ1v) is 8.79. The molecule has 0 radical (unpaired) electrons. The van der Waals surface area contributed by atoms with Crippen LogP contribution < -0.4 is 10.5 Å². The second-order valence-corrected chi connectivity index (χ2v) is 6.88. The molecule has 3 rings (SSSR count). The van der Waals surface area contributed by atoms with Gasteiger partial charge in [-0.15, -0.1) is 0 Å². The fraction of sp³-hybridized carbons (Fsp3) is 0.158. The number of pyridine rings is 1. The number of halogens is 1. The van der Waals surface area contributed by atoms with Crippen LogP contribution in [0.5, 0.6) is 5.75 Å². The maximum Gasteiger partial charge on any atom is 0.355 e. The van der Waals surface area contributed by atoms with Gasteiger partial charge < -0.3 is 35.2 Å². The van der Waals surface area contributed by atoms with Crippen molar-refractivity contribution < 1.29 is 35.4 Å². The topological polar surface area (TPSA) is 164 Å². The minimum Gasteiger partial charge on any atom is -0.506 e. The van der Waals surface area contributed by atoms with Crippen LogP contribution in [-0.2, 0) is 7.05 Å². The van der Waals surface area contributed by atoms with Gasteiger partial charge in [0.25, 0.3) is 11.5 Å². The molecule has 0 bridgehead atoms. The highest BCUT2D eigenvalue weighted by atomic mass is 35.5. The summed E-state index contributed by atoms with van der Waals surface area (Å²) < 4.78 is 0.998. The van der Waals surface area contributed by atoms with Crippen LogP contribution in [0.15, 0.2) is 53.3 Å². The van der Waals surface area contributed by atoms with Crippen molar-refractivity contribution in [1.82, 2.24) is 4.57 Å². The first-order valence-electron chi connectivity index (χ1n) is 8.41. The zero-order chi connectivity index (χ0) is 22.4. The summed E-state index contributed by atoms with van der Waals surface area (Å²) in [6, 6.07) is 11.0. The fourth-order valence-corrected chi connectivity index (χ4v) is 3.26. The number of carbonyl (C=O) groups is 1. The highest BCUT2D eigenvalue weighted by Gasteiger charge is 2.55. The first-order chi connectivity index (χ1) is 13.9. The van der Waals surface area contributed by atoms with Crippen molar-refractivity contribution in [1.29, 1.82) is 0 Å². The summed E-state index contributed by atoms with van der Waals surface area (Å²) in [7, 11) is 1.30. The lowest BCUT2D eigenvalue weighted by Gasteiger charge is -2.39. The number of aliphatic hydroxyl groups is 5. The number of carbonyl (C=O) groups excluding carboxylic acids is 1. The number of anilines is 1. The fourth-order valence-electron chi connectivity index (χ4n) is 3.00. The molecule has 0 aliphatic carbocycles. The number of fused-ring (bicyclic) bond motifs is 1. The lowest BCUT2D eigenvalue weighted by Crippen LogP contribution is -2.67. The monoisotopic (exact) mass is 436 g/mol. The Morgan fingerprint density at radius 1 is 1.00 bits per heavy atom. The number of benzene rings is 2. The maximum atomic E-state index is 13.2. The van der Waals surface area contributed by atoms with E-state index in [0.717, 1.165) is 4.57 Å². The van der Waals surface area contributed by atoms with Gasteiger partial charge in [0.2, 0.25) is 0 Å². The van der Waals surface area contributed by atoms with Crippen LogP contribution >= 0.6 is 11.6 Å². The quantitative estimate of drug-likeness (QED) is 0.306. The lowest BCUT2D eigenvalue weighted by molar-refractivity contribution is -0.442. The van der Waals surface area contributed by atoms with E-state index < -0.39 is 34.7 Å². The molecule has 11 heteroatoms. The minimum absolute atomic E-state index is 0.000919. The molecular weight excluding hydrogens is 420 g/mol. The zero-order valence-electron chi connectivity index (χ0n) is 15.4. The van der Waals surface area contributed by atoms with Crippen LogP contribution in [0.3, 0.4) is 0 Å². The third kappa shape index (κ3) is 3.31. The van der Waals surface area contributed by atoms with Gasteiger partial charge in [0.1, 0.15) is 11.3 Å². The molecule has 0 atom stereocenters. The molecule has 0 saturated heterocycles. The predicted octanol–water partition coefficient (Wildman–Crippen LogP) is -0.187. The Hall–Kier alpha value is -2.99. The van der Waals surface area contributed by atoms with Gasteiger partial charge in [0.15, 0.2) is 0 Å². The molecule has 10 nitrogen and oxygen atoms in total. The molecule has 3 aromatic rings. The van der Waals surface area contributed by atoms with Crippen LogP contribution in [-0.4, -0.2) is 53.0 Å². The number of amides is 1. The highest BCUT2D eigenvalue weighted by molar-refractivity contribution is 6.36. The molecule has 1 amide bonds. The number of aromatic hydroxyl groups is 1. The second-order valence-electron chi connectivity index (χ2n) is 6.47. The van der Waals surface area contributed by atoms with E-state index in [1.807, 2.05) is 0 Å². The average Bonchev–Trinajstić information content (AvgIpc) is 2.66. The van der Waals surface area contributed by atoms with E-state index in [-0.39, 0.29) is 26.5 Å². The maximum absolute atomic E-state index is 13.2. The number of hydrogen-bond acceptors (Lipinski definition) is 8. The summed E-state index contributed by atoms with van der Waals surface area (Å²) >= 11 is 6.10. The van der Waals surface area contributed by atoms with Gasteiger partial charge in [-0.1, -0.05) is 35.9 Å². The standard InChI is InChI=1S/C19H17ClN2O8/c1-21-12-9-5-8-11(20)13(12)15(23)14(16(21)24)17(25)22(10-6-3-2-4-7-10)18(26,27)19(28,29)30/h2-9,23,26-30H,1H3. The SMILES string of the molecule is Cn1c(=O)c(C(=O)N(c2ccccc2)C(O)(O)C(O)(O)O)c(O)c2c(Cl)cccc21. The van der Waals surface area contributed by atoms with Crippen molar-refractivity contribution in [2.75, 3.05) is 4.90 Å². The molecule has 6 N–H and O–H groups in total. The summed E-state index contributed by atoms with van der Waals surface area (Å²) in [6.07, 6.45) is 0. The van der Waals surface area contributed by atoms with Crippen LogP contribution in [0.1, 0.15) is 10.4 Å². The predicted molar refractivity (Wildman–Crippen MR) is 106 cm³/mol. The van der Waals surface area contributed by atoms with Crippen LogP contribution in [0.2, 0.25) is 5.02 Å². The van der Waals surface area contributed by atoms with Crippen LogP contribution in [0.25, 0.3) is 10.9 Å². The molecule has 2 aromatic carbocycles. The Balaban J connectivity index is 2.36. The van der Waals surface area contributed by atoms with Crippen molar-refractivity contribution in [3.63, 3.8) is 0 Å². The summed E-state index contributed by atoms with van der Waals surface area (Å²) in [5.74, 6) is -10.6. The highest BCUT2D eigenvalue weighted by Crippen LogP contribution is 2.35. The van der Waals surface area contributed by atoms with Crippen LogP contribution in [0.4, 0.5) is 5.69 Å². The van der Waals surface area contributed by atoms with Gasteiger partial charge in [-0.2, -0.15) is 0 Å². The second kappa shape index (κ2) is 7.36. The third-order valence-corrected chi connectivity index (χ3v) is 4.85.